The number of hydrogen-bond donors (Lipinski definition) is 1. The normalized spacial score (nSPS) is 16.8. The van der Waals surface area contributed by atoms with Crippen LogP contribution in [0.4, 0.5) is 4.39 Å². The molecule has 1 amide bonds. The molecule has 0 bridgehead atoms. The second-order valence-electron chi connectivity index (χ2n) is 6.87. The second kappa shape index (κ2) is 9.48. The predicted octanol–water partition coefficient (Wildman–Crippen LogP) is 3.15. The summed E-state index contributed by atoms with van der Waals surface area (Å²) in [5.74, 6) is -0.201. The minimum atomic E-state index is -0.229. The smallest absolute Gasteiger partial charge is 0.221 e. The number of imidazole rings is 1. The molecule has 140 valence electrons. The summed E-state index contributed by atoms with van der Waals surface area (Å²) in [6, 6.07) is 6.76. The molecule has 3 rings (SSSR count). The van der Waals surface area contributed by atoms with Crippen LogP contribution >= 0.6 is 0 Å². The Labute approximate surface area is 154 Å². The van der Waals surface area contributed by atoms with Crippen molar-refractivity contribution < 1.29 is 9.18 Å². The molecule has 1 aliphatic heterocycles. The fourth-order valence-corrected chi connectivity index (χ4v) is 3.50. The Morgan fingerprint density at radius 3 is 2.54 bits per heavy atom. The number of carbonyl (C=O) groups excluding carboxylic acids is 1. The van der Waals surface area contributed by atoms with E-state index in [1.807, 2.05) is 22.9 Å². The van der Waals surface area contributed by atoms with Gasteiger partial charge in [0.25, 0.3) is 0 Å². The van der Waals surface area contributed by atoms with E-state index in [1.165, 1.54) is 37.8 Å². The minimum absolute atomic E-state index is 0.0284. The molecule has 1 saturated heterocycles. The Bertz CT molecular complexity index is 664. The van der Waals surface area contributed by atoms with Crippen molar-refractivity contribution >= 4 is 5.91 Å². The first-order valence-electron chi connectivity index (χ1n) is 9.44. The number of rotatable bonds is 7. The summed E-state index contributed by atoms with van der Waals surface area (Å²) in [5.41, 5.74) is 1.06. The van der Waals surface area contributed by atoms with Gasteiger partial charge >= 0.3 is 0 Å². The maximum Gasteiger partial charge on any atom is 0.221 e. The van der Waals surface area contributed by atoms with Crippen molar-refractivity contribution in [3.63, 3.8) is 0 Å². The lowest BCUT2D eigenvalue weighted by atomic mass is 10.0. The summed E-state index contributed by atoms with van der Waals surface area (Å²) in [5, 5.41) is 3.07. The molecule has 2 heterocycles. The molecular formula is C20H27FN4O. The Hall–Kier alpha value is -2.21. The monoisotopic (exact) mass is 358 g/mol. The van der Waals surface area contributed by atoms with Crippen LogP contribution in [0.1, 0.15) is 43.7 Å². The van der Waals surface area contributed by atoms with Crippen LogP contribution < -0.4 is 5.32 Å². The van der Waals surface area contributed by atoms with Crippen LogP contribution in [0, 0.1) is 5.82 Å². The van der Waals surface area contributed by atoms with Gasteiger partial charge in [-0.25, -0.2) is 9.37 Å². The molecule has 1 fully saturated rings. The van der Waals surface area contributed by atoms with E-state index in [9.17, 15) is 9.18 Å². The highest BCUT2D eigenvalue weighted by Gasteiger charge is 2.22. The molecule has 1 unspecified atom stereocenters. The van der Waals surface area contributed by atoms with Crippen molar-refractivity contribution in [3.8, 4) is 0 Å². The highest BCUT2D eigenvalue weighted by molar-refractivity contribution is 5.75. The van der Waals surface area contributed by atoms with Crippen molar-refractivity contribution in [1.29, 1.82) is 0 Å². The van der Waals surface area contributed by atoms with Gasteiger partial charge in [-0.3, -0.25) is 9.69 Å². The van der Waals surface area contributed by atoms with E-state index in [2.05, 4.69) is 15.2 Å². The van der Waals surface area contributed by atoms with Crippen LogP contribution in [0.15, 0.2) is 43.0 Å². The van der Waals surface area contributed by atoms with Crippen molar-refractivity contribution in [3.05, 3.63) is 54.4 Å². The first-order valence-corrected chi connectivity index (χ1v) is 9.44. The zero-order valence-corrected chi connectivity index (χ0v) is 15.1. The molecule has 1 atom stereocenters. The van der Waals surface area contributed by atoms with Gasteiger partial charge in [-0.1, -0.05) is 25.0 Å². The van der Waals surface area contributed by atoms with Crippen LogP contribution in [0.5, 0.6) is 0 Å². The molecule has 0 radical (unpaired) electrons. The molecular weight excluding hydrogens is 331 g/mol. The summed E-state index contributed by atoms with van der Waals surface area (Å²) in [6.45, 7) is 3.21. The Morgan fingerprint density at radius 1 is 1.15 bits per heavy atom. The second-order valence-corrected chi connectivity index (χ2v) is 6.87. The van der Waals surface area contributed by atoms with E-state index in [1.54, 1.807) is 12.5 Å². The summed E-state index contributed by atoms with van der Waals surface area (Å²) < 4.78 is 15.2. The third-order valence-corrected chi connectivity index (χ3v) is 4.99. The largest absolute Gasteiger partial charge is 0.354 e. The van der Waals surface area contributed by atoms with E-state index in [0.717, 1.165) is 18.7 Å². The van der Waals surface area contributed by atoms with Gasteiger partial charge in [0.15, 0.2) is 0 Å². The molecule has 5 nitrogen and oxygen atoms in total. The standard InChI is InChI=1S/C20H27FN4O/c21-18-7-5-17(6-8-18)19(25-11-3-1-2-4-12-25)15-23-20(26)9-13-24-14-10-22-16-24/h5-8,10,14,16,19H,1-4,9,11-13,15H2,(H,23,26). The van der Waals surface area contributed by atoms with Gasteiger partial charge < -0.3 is 9.88 Å². The lowest BCUT2D eigenvalue weighted by Gasteiger charge is -2.31. The highest BCUT2D eigenvalue weighted by atomic mass is 19.1. The minimum Gasteiger partial charge on any atom is -0.354 e. The van der Waals surface area contributed by atoms with Gasteiger partial charge in [-0.2, -0.15) is 0 Å². The van der Waals surface area contributed by atoms with E-state index in [0.29, 0.717) is 19.5 Å². The van der Waals surface area contributed by atoms with Crippen LogP contribution in [0.3, 0.4) is 0 Å². The van der Waals surface area contributed by atoms with Crippen LogP contribution in [0.25, 0.3) is 0 Å². The molecule has 1 aromatic carbocycles. The molecule has 26 heavy (non-hydrogen) atoms. The SMILES string of the molecule is O=C(CCn1ccnc1)NCC(c1ccc(F)cc1)N1CCCCCC1. The number of aromatic nitrogens is 2. The zero-order chi connectivity index (χ0) is 18.2. The lowest BCUT2D eigenvalue weighted by Crippen LogP contribution is -2.38. The summed E-state index contributed by atoms with van der Waals surface area (Å²) in [6.07, 6.45) is 10.6. The number of halogens is 1. The first kappa shape index (κ1) is 18.6. The number of amides is 1. The van der Waals surface area contributed by atoms with Gasteiger partial charge in [0.1, 0.15) is 5.82 Å². The number of carbonyl (C=O) groups is 1. The van der Waals surface area contributed by atoms with Crippen LogP contribution in [-0.2, 0) is 11.3 Å². The fraction of sp³-hybridized carbons (Fsp3) is 0.500. The van der Waals surface area contributed by atoms with Gasteiger partial charge in [0.05, 0.1) is 12.4 Å². The Kier molecular flexibility index (Phi) is 6.77. The van der Waals surface area contributed by atoms with Crippen molar-refractivity contribution in [2.75, 3.05) is 19.6 Å². The molecule has 1 N–H and O–H groups in total. The maximum atomic E-state index is 13.3. The molecule has 1 aliphatic rings. The summed E-state index contributed by atoms with van der Waals surface area (Å²) in [7, 11) is 0. The van der Waals surface area contributed by atoms with Gasteiger partial charge in [0.2, 0.25) is 5.91 Å². The quantitative estimate of drug-likeness (QED) is 0.827. The number of hydrogen-bond acceptors (Lipinski definition) is 3. The number of aryl methyl sites for hydroxylation is 1. The predicted molar refractivity (Wildman–Crippen MR) is 99.0 cm³/mol. The van der Waals surface area contributed by atoms with E-state index in [4.69, 9.17) is 0 Å². The topological polar surface area (TPSA) is 50.2 Å². The van der Waals surface area contributed by atoms with Gasteiger partial charge in [-0.05, 0) is 43.6 Å². The van der Waals surface area contributed by atoms with E-state index < -0.39 is 0 Å². The maximum absolute atomic E-state index is 13.3. The third-order valence-electron chi connectivity index (χ3n) is 4.99. The van der Waals surface area contributed by atoms with Crippen molar-refractivity contribution in [1.82, 2.24) is 19.8 Å². The van der Waals surface area contributed by atoms with Gasteiger partial charge in [0, 0.05) is 31.9 Å². The third kappa shape index (κ3) is 5.39. The fourth-order valence-electron chi connectivity index (χ4n) is 3.50. The van der Waals surface area contributed by atoms with Crippen LogP contribution in [-0.4, -0.2) is 40.0 Å². The summed E-state index contributed by atoms with van der Waals surface area (Å²) in [4.78, 5) is 18.7. The number of benzene rings is 1. The van der Waals surface area contributed by atoms with Gasteiger partial charge in [-0.15, -0.1) is 0 Å². The number of nitrogens with one attached hydrogen (secondary N) is 1. The van der Waals surface area contributed by atoms with E-state index in [-0.39, 0.29) is 17.8 Å². The van der Waals surface area contributed by atoms with Crippen molar-refractivity contribution in [2.45, 2.75) is 44.7 Å². The zero-order valence-electron chi connectivity index (χ0n) is 15.1. The van der Waals surface area contributed by atoms with E-state index >= 15 is 0 Å². The lowest BCUT2D eigenvalue weighted by molar-refractivity contribution is -0.121. The number of likely N-dealkylation sites (tertiary alicyclic amines) is 1. The molecule has 0 saturated carbocycles. The Balaban J connectivity index is 1.60. The summed E-state index contributed by atoms with van der Waals surface area (Å²) >= 11 is 0. The molecule has 6 heteroatoms. The highest BCUT2D eigenvalue weighted by Crippen LogP contribution is 2.24. The first-order chi connectivity index (χ1) is 12.7. The number of nitrogens with zero attached hydrogens (tertiary/aromatic N) is 3. The molecule has 1 aromatic heterocycles. The Morgan fingerprint density at radius 2 is 1.88 bits per heavy atom. The van der Waals surface area contributed by atoms with Crippen LogP contribution in [0.2, 0.25) is 0 Å². The average molecular weight is 358 g/mol. The molecule has 0 aliphatic carbocycles. The van der Waals surface area contributed by atoms with Crippen molar-refractivity contribution in [2.24, 2.45) is 0 Å². The average Bonchev–Trinajstić information content (AvgIpc) is 3.03. The molecule has 0 spiro atoms. The molecule has 2 aromatic rings.